The summed E-state index contributed by atoms with van der Waals surface area (Å²) in [4.78, 5) is 23.2. The minimum Gasteiger partial charge on any atom is -0.497 e. The average molecular weight is 621 g/mol. The average Bonchev–Trinajstić information content (AvgIpc) is 3.47. The summed E-state index contributed by atoms with van der Waals surface area (Å²) in [5.74, 6) is -0.813. The highest BCUT2D eigenvalue weighted by Gasteiger charge is 2.41. The Labute approximate surface area is 256 Å². The molecule has 43 heavy (non-hydrogen) atoms. The fourth-order valence-corrected chi connectivity index (χ4v) is 7.54. The lowest BCUT2D eigenvalue weighted by molar-refractivity contribution is -0.136. The van der Waals surface area contributed by atoms with Crippen molar-refractivity contribution in [2.75, 3.05) is 20.2 Å². The number of rotatable bonds is 10. The van der Waals surface area contributed by atoms with Gasteiger partial charge in [0.15, 0.2) is 0 Å². The van der Waals surface area contributed by atoms with E-state index in [1.165, 1.54) is 24.3 Å². The number of carboxylic acids is 1. The Bertz CT molecular complexity index is 1770. The zero-order valence-corrected chi connectivity index (χ0v) is 25.5. The van der Waals surface area contributed by atoms with E-state index in [-0.39, 0.29) is 35.9 Å². The molecule has 0 unspecified atom stereocenters. The standard InChI is InChI=1S/C33H33ClN2O6S/c1-3-21-14-26(17-28(34)15-21)27-19-31(25-5-4-24-18-29(42-2)9-6-23(24)16-25)36(20-27)43(40,41)30-10-7-22(8-11-30)33(39)35-13-12-32(37)38/h4-11,14-18,27,31H,3,12-13,19-20H2,1-2H3,(H,35,39)(H,37,38)/t27-,31-/m1/s1. The number of hydrogen-bond acceptors (Lipinski definition) is 5. The fourth-order valence-electron chi connectivity index (χ4n) is 5.61. The molecule has 0 radical (unpaired) electrons. The van der Waals surface area contributed by atoms with Crippen LogP contribution in [0.3, 0.4) is 0 Å². The predicted molar refractivity (Wildman–Crippen MR) is 166 cm³/mol. The number of aliphatic carboxylic acids is 1. The van der Waals surface area contributed by atoms with Crippen molar-refractivity contribution < 1.29 is 27.9 Å². The summed E-state index contributed by atoms with van der Waals surface area (Å²) in [6, 6.07) is 23.1. The lowest BCUT2D eigenvalue weighted by Crippen LogP contribution is -2.31. The third-order valence-corrected chi connectivity index (χ3v) is 10.0. The molecule has 1 aliphatic rings. The second-order valence-electron chi connectivity index (χ2n) is 10.7. The van der Waals surface area contributed by atoms with Crippen LogP contribution in [0.1, 0.15) is 58.8 Å². The second-order valence-corrected chi connectivity index (χ2v) is 13.0. The molecule has 10 heteroatoms. The molecule has 1 fully saturated rings. The van der Waals surface area contributed by atoms with Crippen molar-refractivity contribution in [3.8, 4) is 5.75 Å². The maximum Gasteiger partial charge on any atom is 0.305 e. The molecule has 0 spiro atoms. The molecule has 5 rings (SSSR count). The van der Waals surface area contributed by atoms with Gasteiger partial charge in [-0.2, -0.15) is 4.31 Å². The topological polar surface area (TPSA) is 113 Å². The number of carbonyl (C=O) groups excluding carboxylic acids is 1. The van der Waals surface area contributed by atoms with Crippen molar-refractivity contribution in [2.24, 2.45) is 0 Å². The van der Waals surface area contributed by atoms with Gasteiger partial charge in [-0.25, -0.2) is 8.42 Å². The molecule has 8 nitrogen and oxygen atoms in total. The SMILES string of the molecule is CCc1cc(Cl)cc([C@@H]2C[C@H](c3ccc4cc(OC)ccc4c3)N(S(=O)(=O)c3ccc(C(=O)NCCC(=O)O)cc3)C2)c1. The number of aryl methyl sites for hydroxylation is 1. The van der Waals surface area contributed by atoms with Gasteiger partial charge in [0.25, 0.3) is 5.91 Å². The molecule has 0 aromatic heterocycles. The molecule has 0 bridgehead atoms. The first-order valence-corrected chi connectivity index (χ1v) is 15.9. The lowest BCUT2D eigenvalue weighted by Gasteiger charge is -2.25. The number of carbonyl (C=O) groups is 2. The Hall–Kier alpha value is -3.92. The van der Waals surface area contributed by atoms with Crippen LogP contribution in [0.25, 0.3) is 10.8 Å². The van der Waals surface area contributed by atoms with Gasteiger partial charge in [0.05, 0.1) is 24.5 Å². The molecule has 1 saturated heterocycles. The van der Waals surface area contributed by atoms with Crippen molar-refractivity contribution >= 4 is 44.3 Å². The summed E-state index contributed by atoms with van der Waals surface area (Å²) in [7, 11) is -2.35. The molecule has 0 saturated carbocycles. The zero-order chi connectivity index (χ0) is 30.7. The molecule has 1 heterocycles. The van der Waals surface area contributed by atoms with Gasteiger partial charge in [0.2, 0.25) is 10.0 Å². The predicted octanol–water partition coefficient (Wildman–Crippen LogP) is 6.19. The van der Waals surface area contributed by atoms with Crippen LogP contribution in [0.2, 0.25) is 5.02 Å². The van der Waals surface area contributed by atoms with Crippen LogP contribution in [0.4, 0.5) is 0 Å². The Morgan fingerprint density at radius 3 is 2.40 bits per heavy atom. The van der Waals surface area contributed by atoms with Crippen molar-refractivity contribution in [1.29, 1.82) is 0 Å². The summed E-state index contributed by atoms with van der Waals surface area (Å²) < 4.78 is 35.3. The first-order valence-electron chi connectivity index (χ1n) is 14.1. The molecule has 0 aliphatic carbocycles. The zero-order valence-electron chi connectivity index (χ0n) is 23.9. The van der Waals surface area contributed by atoms with Gasteiger partial charge < -0.3 is 15.2 Å². The summed E-state index contributed by atoms with van der Waals surface area (Å²) in [6.45, 7) is 2.31. The molecule has 1 amide bonds. The summed E-state index contributed by atoms with van der Waals surface area (Å²) in [5, 5.41) is 13.9. The third kappa shape index (κ3) is 6.69. The van der Waals surface area contributed by atoms with Gasteiger partial charge in [-0.15, -0.1) is 0 Å². The highest BCUT2D eigenvalue weighted by atomic mass is 35.5. The van der Waals surface area contributed by atoms with Gasteiger partial charge >= 0.3 is 5.97 Å². The molecular weight excluding hydrogens is 588 g/mol. The molecule has 1 aliphatic heterocycles. The van der Waals surface area contributed by atoms with E-state index in [0.29, 0.717) is 11.4 Å². The molecule has 2 atom stereocenters. The van der Waals surface area contributed by atoms with E-state index in [4.69, 9.17) is 21.4 Å². The lowest BCUT2D eigenvalue weighted by atomic mass is 9.92. The Morgan fingerprint density at radius 2 is 1.70 bits per heavy atom. The third-order valence-electron chi connectivity index (χ3n) is 7.92. The minimum absolute atomic E-state index is 0.0210. The largest absolute Gasteiger partial charge is 0.497 e. The maximum atomic E-state index is 14.2. The van der Waals surface area contributed by atoms with Crippen LogP contribution in [0.5, 0.6) is 5.75 Å². The van der Waals surface area contributed by atoms with Gasteiger partial charge in [-0.05, 0) is 101 Å². The quantitative estimate of drug-likeness (QED) is 0.219. The van der Waals surface area contributed by atoms with E-state index in [1.807, 2.05) is 48.5 Å². The van der Waals surface area contributed by atoms with Gasteiger partial charge in [-0.3, -0.25) is 9.59 Å². The second kappa shape index (κ2) is 12.8. The highest BCUT2D eigenvalue weighted by molar-refractivity contribution is 7.89. The number of methoxy groups -OCH3 is 1. The molecule has 224 valence electrons. The number of amides is 1. The van der Waals surface area contributed by atoms with E-state index >= 15 is 0 Å². The maximum absolute atomic E-state index is 14.2. The first-order chi connectivity index (χ1) is 20.6. The van der Waals surface area contributed by atoms with Crippen molar-refractivity contribution in [3.63, 3.8) is 0 Å². The minimum atomic E-state index is -3.97. The number of sulfonamides is 1. The van der Waals surface area contributed by atoms with Crippen molar-refractivity contribution in [2.45, 2.75) is 43.0 Å². The number of benzene rings is 4. The molecule has 4 aromatic rings. The van der Waals surface area contributed by atoms with E-state index in [1.54, 1.807) is 11.4 Å². The summed E-state index contributed by atoms with van der Waals surface area (Å²) in [6.07, 6.45) is 1.19. The Kier molecular flexibility index (Phi) is 9.05. The van der Waals surface area contributed by atoms with E-state index < -0.39 is 27.9 Å². The van der Waals surface area contributed by atoms with Crippen LogP contribution in [0, 0.1) is 0 Å². The Morgan fingerprint density at radius 1 is 0.977 bits per heavy atom. The van der Waals surface area contributed by atoms with E-state index in [0.717, 1.165) is 39.6 Å². The summed E-state index contributed by atoms with van der Waals surface area (Å²) in [5.41, 5.74) is 3.23. The van der Waals surface area contributed by atoms with Crippen molar-refractivity contribution in [1.82, 2.24) is 9.62 Å². The molecule has 2 N–H and O–H groups in total. The number of nitrogens with zero attached hydrogens (tertiary/aromatic N) is 1. The Balaban J connectivity index is 1.49. The summed E-state index contributed by atoms with van der Waals surface area (Å²) >= 11 is 6.46. The van der Waals surface area contributed by atoms with Crippen LogP contribution < -0.4 is 10.1 Å². The van der Waals surface area contributed by atoms with Crippen LogP contribution in [-0.4, -0.2) is 49.9 Å². The van der Waals surface area contributed by atoms with Crippen molar-refractivity contribution in [3.05, 3.63) is 106 Å². The number of hydrogen-bond donors (Lipinski definition) is 2. The monoisotopic (exact) mass is 620 g/mol. The number of ether oxygens (including phenoxy) is 1. The van der Waals surface area contributed by atoms with Gasteiger partial charge in [-0.1, -0.05) is 42.8 Å². The first kappa shape index (κ1) is 30.5. The van der Waals surface area contributed by atoms with Crippen LogP contribution in [0.15, 0.2) is 83.8 Å². The van der Waals surface area contributed by atoms with Gasteiger partial charge in [0.1, 0.15) is 5.75 Å². The van der Waals surface area contributed by atoms with E-state index in [2.05, 4.69) is 18.3 Å². The number of nitrogens with one attached hydrogen (secondary N) is 1. The highest BCUT2D eigenvalue weighted by Crippen LogP contribution is 2.45. The number of halogens is 1. The molecule has 4 aromatic carbocycles. The van der Waals surface area contributed by atoms with E-state index in [9.17, 15) is 18.0 Å². The van der Waals surface area contributed by atoms with Gasteiger partial charge in [0, 0.05) is 23.7 Å². The van der Waals surface area contributed by atoms with Crippen LogP contribution >= 0.6 is 11.6 Å². The smallest absolute Gasteiger partial charge is 0.305 e. The fraction of sp³-hybridized carbons (Fsp3) is 0.273. The number of carboxylic acid groups (broad SMARTS) is 1. The molecular formula is C33H33ClN2O6S. The normalized spacial score (nSPS) is 17.2. The number of fused-ring (bicyclic) bond motifs is 1. The van der Waals surface area contributed by atoms with Crippen LogP contribution in [-0.2, 0) is 21.2 Å².